The van der Waals surface area contributed by atoms with Gasteiger partial charge in [-0.2, -0.15) is 10.2 Å². The third kappa shape index (κ3) is 6.83. The van der Waals surface area contributed by atoms with Crippen LogP contribution in [0.4, 0.5) is 0 Å². The maximum absolute atomic E-state index is 11.9. The van der Waals surface area contributed by atoms with Gasteiger partial charge in [-0.05, 0) is 18.2 Å². The molecule has 4 aromatic heterocycles. The van der Waals surface area contributed by atoms with E-state index < -0.39 is 20.0 Å². The quantitative estimate of drug-likeness (QED) is 0.188. The summed E-state index contributed by atoms with van der Waals surface area (Å²) in [7, 11) is 4.57. The second-order valence-corrected chi connectivity index (χ2v) is 14.9. The summed E-state index contributed by atoms with van der Waals surface area (Å²) < 4.78 is 26.8. The molecule has 0 saturated heterocycles. The highest BCUT2D eigenvalue weighted by molar-refractivity contribution is 6.76. The van der Waals surface area contributed by atoms with Gasteiger partial charge in [-0.1, -0.05) is 19.6 Å². The molecule has 4 aromatic rings. The van der Waals surface area contributed by atoms with Crippen molar-refractivity contribution in [1.82, 2.24) is 29.9 Å². The Bertz CT molecular complexity index is 1410. The number of H-pyrrole nitrogens is 1. The number of aromatic nitrogens is 6. The average Bonchev–Trinajstić information content (AvgIpc) is 3.50. The number of hydrogen-bond acceptors (Lipinski definition) is 11. The van der Waals surface area contributed by atoms with Crippen LogP contribution in [0.1, 0.15) is 21.0 Å². The monoisotopic (exact) mass is 544 g/mol. The first kappa shape index (κ1) is 28.5. The molecule has 0 saturated carbocycles. The lowest BCUT2D eigenvalue weighted by atomic mass is 10.2. The Labute approximate surface area is 220 Å². The number of pyridine rings is 2. The van der Waals surface area contributed by atoms with Crippen molar-refractivity contribution in [1.29, 1.82) is 0 Å². The standard InChI is InChI=1S/C15H23N3O4Si.C9H9N3O3/c1-20-11-8-12-13(15(19)21-2)17-18(14(12)16-9-11)10-22-6-7-23(3,4)5;1-14-5-3-6-7(9(13)15-2)11-12-8(6)10-4-5/h8-9H,6-7,10H2,1-5H3;3-4H,1-2H3,(H,10,11,12). The van der Waals surface area contributed by atoms with Gasteiger partial charge in [0.15, 0.2) is 22.7 Å². The van der Waals surface area contributed by atoms with Gasteiger partial charge >= 0.3 is 11.9 Å². The minimum atomic E-state index is -1.14. The first-order valence-electron chi connectivity index (χ1n) is 11.6. The minimum absolute atomic E-state index is 0.211. The van der Waals surface area contributed by atoms with Crippen molar-refractivity contribution < 1.29 is 33.3 Å². The maximum atomic E-state index is 11.9. The van der Waals surface area contributed by atoms with Crippen LogP contribution in [0.25, 0.3) is 22.1 Å². The van der Waals surface area contributed by atoms with Gasteiger partial charge in [-0.15, -0.1) is 0 Å². The Hall–Kier alpha value is -4.04. The molecule has 0 aliphatic heterocycles. The Kier molecular flexibility index (Phi) is 9.36. The molecule has 0 aliphatic carbocycles. The van der Waals surface area contributed by atoms with Crippen LogP contribution in [-0.2, 0) is 20.9 Å². The summed E-state index contributed by atoms with van der Waals surface area (Å²) >= 11 is 0. The van der Waals surface area contributed by atoms with Crippen LogP contribution in [0, 0.1) is 0 Å². The molecule has 0 unspecified atom stereocenters. The lowest BCUT2D eigenvalue weighted by molar-refractivity contribution is 0.0580. The Balaban J connectivity index is 0.000000230. The Morgan fingerprint density at radius 1 is 0.921 bits per heavy atom. The van der Waals surface area contributed by atoms with Gasteiger partial charge < -0.3 is 23.7 Å². The number of esters is 2. The number of aromatic amines is 1. The number of ether oxygens (including phenoxy) is 5. The molecule has 0 amide bonds. The van der Waals surface area contributed by atoms with Gasteiger partial charge in [0.25, 0.3) is 0 Å². The van der Waals surface area contributed by atoms with Crippen molar-refractivity contribution >= 4 is 42.1 Å². The molecule has 14 heteroatoms. The predicted octanol–water partition coefficient (Wildman–Crippen LogP) is 3.29. The summed E-state index contributed by atoms with van der Waals surface area (Å²) in [5.41, 5.74) is 1.51. The van der Waals surface area contributed by atoms with Crippen LogP contribution in [0.5, 0.6) is 11.5 Å². The molecule has 0 radical (unpaired) electrons. The third-order valence-electron chi connectivity index (χ3n) is 5.40. The highest BCUT2D eigenvalue weighted by Crippen LogP contribution is 2.23. The van der Waals surface area contributed by atoms with Crippen molar-refractivity contribution in [2.24, 2.45) is 0 Å². The van der Waals surface area contributed by atoms with E-state index in [2.05, 4.69) is 49.6 Å². The molecule has 0 spiro atoms. The molecule has 0 bridgehead atoms. The van der Waals surface area contributed by atoms with Gasteiger partial charge in [0, 0.05) is 14.7 Å². The fraction of sp³-hybridized carbons (Fsp3) is 0.417. The number of nitrogens with one attached hydrogen (secondary N) is 1. The molecule has 1 N–H and O–H groups in total. The van der Waals surface area contributed by atoms with Crippen LogP contribution in [0.15, 0.2) is 24.5 Å². The molecule has 0 aromatic carbocycles. The molecule has 4 rings (SSSR count). The number of methoxy groups -OCH3 is 4. The highest BCUT2D eigenvalue weighted by atomic mass is 28.3. The fourth-order valence-corrected chi connectivity index (χ4v) is 4.03. The van der Waals surface area contributed by atoms with E-state index in [9.17, 15) is 9.59 Å². The van der Waals surface area contributed by atoms with E-state index in [0.717, 1.165) is 6.04 Å². The number of rotatable bonds is 9. The largest absolute Gasteiger partial charge is 0.495 e. The molecular formula is C24H32N6O7Si. The molecule has 38 heavy (non-hydrogen) atoms. The first-order chi connectivity index (χ1) is 18.1. The summed E-state index contributed by atoms with van der Waals surface area (Å²) in [5.74, 6) is 0.134. The molecule has 13 nitrogen and oxygen atoms in total. The van der Waals surface area contributed by atoms with Crippen LogP contribution < -0.4 is 9.47 Å². The van der Waals surface area contributed by atoms with E-state index >= 15 is 0 Å². The summed E-state index contributed by atoms with van der Waals surface area (Å²) in [6.45, 7) is 7.80. The first-order valence-corrected chi connectivity index (χ1v) is 15.4. The van der Waals surface area contributed by atoms with Gasteiger partial charge in [0.1, 0.15) is 18.2 Å². The van der Waals surface area contributed by atoms with E-state index in [1.807, 2.05) is 0 Å². The van der Waals surface area contributed by atoms with Gasteiger partial charge in [-0.3, -0.25) is 5.10 Å². The minimum Gasteiger partial charge on any atom is -0.495 e. The van der Waals surface area contributed by atoms with Crippen molar-refractivity contribution in [2.45, 2.75) is 32.4 Å². The van der Waals surface area contributed by atoms with Crippen LogP contribution in [0.3, 0.4) is 0 Å². The zero-order valence-corrected chi connectivity index (χ0v) is 23.5. The summed E-state index contributed by atoms with van der Waals surface area (Å²) in [5, 5.41) is 11.9. The lowest BCUT2D eigenvalue weighted by Gasteiger charge is -2.15. The van der Waals surface area contributed by atoms with Crippen molar-refractivity contribution in [2.75, 3.05) is 35.0 Å². The van der Waals surface area contributed by atoms with E-state index in [1.54, 1.807) is 30.1 Å². The molecule has 4 heterocycles. The fourth-order valence-electron chi connectivity index (χ4n) is 3.27. The number of hydrogen-bond donors (Lipinski definition) is 1. The molecule has 204 valence electrons. The average molecular weight is 545 g/mol. The number of carbonyl (C=O) groups excluding carboxylic acids is 2. The summed E-state index contributed by atoms with van der Waals surface area (Å²) in [4.78, 5) is 31.6. The summed E-state index contributed by atoms with van der Waals surface area (Å²) in [6, 6.07) is 4.47. The Morgan fingerprint density at radius 3 is 2.16 bits per heavy atom. The second-order valence-electron chi connectivity index (χ2n) is 9.27. The van der Waals surface area contributed by atoms with E-state index in [-0.39, 0.29) is 18.1 Å². The van der Waals surface area contributed by atoms with Crippen molar-refractivity contribution in [3.8, 4) is 11.5 Å². The topological polar surface area (TPSA) is 153 Å². The molecule has 0 fully saturated rings. The summed E-state index contributed by atoms with van der Waals surface area (Å²) in [6.07, 6.45) is 3.12. The zero-order valence-electron chi connectivity index (χ0n) is 22.5. The van der Waals surface area contributed by atoms with Crippen molar-refractivity contribution in [3.05, 3.63) is 35.9 Å². The zero-order chi connectivity index (χ0) is 27.9. The second kappa shape index (κ2) is 12.5. The number of carbonyl (C=O) groups is 2. The van der Waals surface area contributed by atoms with Gasteiger partial charge in [-0.25, -0.2) is 24.2 Å². The van der Waals surface area contributed by atoms with E-state index in [1.165, 1.54) is 27.5 Å². The SMILES string of the molecule is COC(=O)c1[nH]nc2ncc(OC)cc12.COC(=O)c1nn(COCC[Si](C)(C)C)c2ncc(OC)cc12. The number of fused-ring (bicyclic) bond motifs is 2. The highest BCUT2D eigenvalue weighted by Gasteiger charge is 2.20. The van der Waals surface area contributed by atoms with Crippen molar-refractivity contribution in [3.63, 3.8) is 0 Å². The van der Waals surface area contributed by atoms with Gasteiger partial charge in [0.05, 0.1) is 51.6 Å². The normalized spacial score (nSPS) is 11.1. The molecule has 0 aliphatic rings. The molecular weight excluding hydrogens is 512 g/mol. The van der Waals surface area contributed by atoms with Gasteiger partial charge in [0.2, 0.25) is 0 Å². The van der Waals surface area contributed by atoms with E-state index in [4.69, 9.17) is 18.9 Å². The maximum Gasteiger partial charge on any atom is 0.359 e. The van der Waals surface area contributed by atoms with E-state index in [0.29, 0.717) is 40.2 Å². The third-order valence-corrected chi connectivity index (χ3v) is 7.10. The van der Waals surface area contributed by atoms with Crippen LogP contribution in [0.2, 0.25) is 25.7 Å². The predicted molar refractivity (Wildman–Crippen MR) is 141 cm³/mol. The van der Waals surface area contributed by atoms with Crippen LogP contribution >= 0.6 is 0 Å². The smallest absolute Gasteiger partial charge is 0.359 e. The lowest BCUT2D eigenvalue weighted by Crippen LogP contribution is -2.22. The van der Waals surface area contributed by atoms with Crippen LogP contribution in [-0.4, -0.2) is 85.0 Å². The Morgan fingerprint density at radius 2 is 1.55 bits per heavy atom. The molecule has 0 atom stereocenters. The number of nitrogens with zero attached hydrogens (tertiary/aromatic N) is 5.